The van der Waals surface area contributed by atoms with Crippen molar-refractivity contribution >= 4 is 5.91 Å². The van der Waals surface area contributed by atoms with Crippen molar-refractivity contribution < 1.29 is 13.9 Å². The summed E-state index contributed by atoms with van der Waals surface area (Å²) in [6, 6.07) is 14.8. The zero-order valence-electron chi connectivity index (χ0n) is 14.5. The van der Waals surface area contributed by atoms with E-state index in [9.17, 15) is 9.18 Å². The monoisotopic (exact) mass is 342 g/mol. The van der Waals surface area contributed by atoms with E-state index < -0.39 is 0 Å². The van der Waals surface area contributed by atoms with Crippen LogP contribution < -0.4 is 4.74 Å². The van der Waals surface area contributed by atoms with E-state index in [0.29, 0.717) is 6.42 Å². The number of nitrogens with zero attached hydrogens (tertiary/aromatic N) is 2. The lowest BCUT2D eigenvalue weighted by Gasteiger charge is -2.35. The molecule has 0 atom stereocenters. The molecule has 1 aliphatic heterocycles. The average molecular weight is 342 g/mol. The SMILES string of the molecule is COc1cc(CN2CCN(C(=O)Cc3ccccc3)CC2)ccc1F. The van der Waals surface area contributed by atoms with Crippen LogP contribution >= 0.6 is 0 Å². The molecule has 0 radical (unpaired) electrons. The normalized spacial score (nSPS) is 15.2. The number of ether oxygens (including phenoxy) is 1. The van der Waals surface area contributed by atoms with Crippen molar-refractivity contribution in [3.63, 3.8) is 0 Å². The molecule has 1 amide bonds. The van der Waals surface area contributed by atoms with Crippen molar-refractivity contribution in [2.45, 2.75) is 13.0 Å². The lowest BCUT2D eigenvalue weighted by Crippen LogP contribution is -2.48. The third kappa shape index (κ3) is 4.57. The molecule has 1 aliphatic rings. The minimum atomic E-state index is -0.345. The minimum absolute atomic E-state index is 0.175. The molecule has 132 valence electrons. The van der Waals surface area contributed by atoms with E-state index in [1.807, 2.05) is 35.2 Å². The molecule has 0 saturated carbocycles. The van der Waals surface area contributed by atoms with Crippen LogP contribution in [0.5, 0.6) is 5.75 Å². The summed E-state index contributed by atoms with van der Waals surface area (Å²) in [5, 5.41) is 0. The highest BCUT2D eigenvalue weighted by Gasteiger charge is 2.21. The smallest absolute Gasteiger partial charge is 0.227 e. The molecule has 0 N–H and O–H groups in total. The van der Waals surface area contributed by atoms with E-state index in [4.69, 9.17) is 4.74 Å². The first-order chi connectivity index (χ1) is 12.2. The van der Waals surface area contributed by atoms with Gasteiger partial charge in [0.2, 0.25) is 5.91 Å². The molecule has 25 heavy (non-hydrogen) atoms. The van der Waals surface area contributed by atoms with Crippen molar-refractivity contribution in [2.24, 2.45) is 0 Å². The predicted molar refractivity (Wildman–Crippen MR) is 95.0 cm³/mol. The van der Waals surface area contributed by atoms with Gasteiger partial charge in [0.25, 0.3) is 0 Å². The molecule has 0 aliphatic carbocycles. The molecule has 1 heterocycles. The van der Waals surface area contributed by atoms with Gasteiger partial charge in [-0.05, 0) is 23.3 Å². The number of methoxy groups -OCH3 is 1. The summed E-state index contributed by atoms with van der Waals surface area (Å²) < 4.78 is 18.5. The number of carbonyl (C=O) groups is 1. The zero-order valence-corrected chi connectivity index (χ0v) is 14.5. The van der Waals surface area contributed by atoms with Gasteiger partial charge in [0.05, 0.1) is 13.5 Å². The Balaban J connectivity index is 1.51. The van der Waals surface area contributed by atoms with Crippen LogP contribution in [0.1, 0.15) is 11.1 Å². The Morgan fingerprint density at radius 3 is 2.44 bits per heavy atom. The Morgan fingerprint density at radius 2 is 1.76 bits per heavy atom. The summed E-state index contributed by atoms with van der Waals surface area (Å²) in [6.45, 7) is 3.83. The molecule has 0 aromatic heterocycles. The van der Waals surface area contributed by atoms with Gasteiger partial charge in [-0.2, -0.15) is 0 Å². The van der Waals surface area contributed by atoms with Crippen molar-refractivity contribution in [1.82, 2.24) is 9.80 Å². The molecular weight excluding hydrogens is 319 g/mol. The van der Waals surface area contributed by atoms with Crippen molar-refractivity contribution in [2.75, 3.05) is 33.3 Å². The van der Waals surface area contributed by atoms with E-state index in [1.54, 1.807) is 12.1 Å². The maximum absolute atomic E-state index is 13.5. The number of carbonyl (C=O) groups excluding carboxylic acids is 1. The molecule has 2 aromatic carbocycles. The van der Waals surface area contributed by atoms with Crippen LogP contribution in [0.25, 0.3) is 0 Å². The maximum Gasteiger partial charge on any atom is 0.227 e. The van der Waals surface area contributed by atoms with Crippen LogP contribution in [0.2, 0.25) is 0 Å². The summed E-state index contributed by atoms with van der Waals surface area (Å²) in [6.07, 6.45) is 0.454. The second kappa shape index (κ2) is 8.12. The van der Waals surface area contributed by atoms with E-state index in [0.717, 1.165) is 43.9 Å². The van der Waals surface area contributed by atoms with Crippen LogP contribution in [-0.4, -0.2) is 49.0 Å². The van der Waals surface area contributed by atoms with Gasteiger partial charge in [0.1, 0.15) is 0 Å². The number of hydrogen-bond acceptors (Lipinski definition) is 3. The van der Waals surface area contributed by atoms with E-state index in [-0.39, 0.29) is 17.5 Å². The molecule has 5 heteroatoms. The Hall–Kier alpha value is -2.40. The molecule has 4 nitrogen and oxygen atoms in total. The number of rotatable bonds is 5. The van der Waals surface area contributed by atoms with E-state index in [1.165, 1.54) is 13.2 Å². The lowest BCUT2D eigenvalue weighted by atomic mass is 10.1. The lowest BCUT2D eigenvalue weighted by molar-refractivity contribution is -0.132. The molecule has 0 bridgehead atoms. The molecule has 2 aromatic rings. The van der Waals surface area contributed by atoms with Crippen LogP contribution in [0.4, 0.5) is 4.39 Å². The fraction of sp³-hybridized carbons (Fsp3) is 0.350. The van der Waals surface area contributed by atoms with Crippen molar-refractivity contribution in [3.8, 4) is 5.75 Å². The van der Waals surface area contributed by atoms with Crippen molar-refractivity contribution in [3.05, 3.63) is 65.5 Å². The number of hydrogen-bond donors (Lipinski definition) is 0. The van der Waals surface area contributed by atoms with Gasteiger partial charge in [0, 0.05) is 32.7 Å². The average Bonchev–Trinajstić information content (AvgIpc) is 2.64. The number of piperazine rings is 1. The number of halogens is 1. The summed E-state index contributed by atoms with van der Waals surface area (Å²) in [4.78, 5) is 16.6. The van der Waals surface area contributed by atoms with Crippen LogP contribution in [0.15, 0.2) is 48.5 Å². The number of benzene rings is 2. The van der Waals surface area contributed by atoms with Gasteiger partial charge >= 0.3 is 0 Å². The third-order valence-corrected chi connectivity index (χ3v) is 4.54. The second-order valence-electron chi connectivity index (χ2n) is 6.29. The Labute approximate surface area is 147 Å². The summed E-state index contributed by atoms with van der Waals surface area (Å²) >= 11 is 0. The summed E-state index contributed by atoms with van der Waals surface area (Å²) in [5.74, 6) is 0.103. The quantitative estimate of drug-likeness (QED) is 0.838. The Morgan fingerprint density at radius 1 is 1.04 bits per heavy atom. The minimum Gasteiger partial charge on any atom is -0.494 e. The molecular formula is C20H23FN2O2. The standard InChI is InChI=1S/C20H23FN2O2/c1-25-19-13-17(7-8-18(19)21)15-22-9-11-23(12-10-22)20(24)14-16-5-3-2-4-6-16/h2-8,13H,9-12,14-15H2,1H3. The first-order valence-electron chi connectivity index (χ1n) is 8.52. The number of amides is 1. The second-order valence-corrected chi connectivity index (χ2v) is 6.29. The fourth-order valence-electron chi connectivity index (χ4n) is 3.10. The molecule has 0 spiro atoms. The van der Waals surface area contributed by atoms with Gasteiger partial charge in [-0.1, -0.05) is 36.4 Å². The van der Waals surface area contributed by atoms with Crippen molar-refractivity contribution in [1.29, 1.82) is 0 Å². The molecule has 1 saturated heterocycles. The highest BCUT2D eigenvalue weighted by atomic mass is 19.1. The van der Waals surface area contributed by atoms with Gasteiger partial charge in [-0.3, -0.25) is 9.69 Å². The topological polar surface area (TPSA) is 32.8 Å². The van der Waals surface area contributed by atoms with E-state index >= 15 is 0 Å². The maximum atomic E-state index is 13.5. The Kier molecular flexibility index (Phi) is 5.66. The zero-order chi connectivity index (χ0) is 17.6. The molecule has 3 rings (SSSR count). The van der Waals surface area contributed by atoms with Crippen LogP contribution in [0, 0.1) is 5.82 Å². The predicted octanol–water partition coefficient (Wildman–Crippen LogP) is 2.72. The Bertz CT molecular complexity index is 713. The highest BCUT2D eigenvalue weighted by molar-refractivity contribution is 5.78. The van der Waals surface area contributed by atoms with Gasteiger partial charge < -0.3 is 9.64 Å². The van der Waals surface area contributed by atoms with Crippen LogP contribution in [-0.2, 0) is 17.8 Å². The first kappa shape index (κ1) is 17.4. The summed E-state index contributed by atoms with van der Waals surface area (Å²) in [7, 11) is 1.47. The molecule has 0 unspecified atom stereocenters. The van der Waals surface area contributed by atoms with Gasteiger partial charge in [-0.25, -0.2) is 4.39 Å². The third-order valence-electron chi connectivity index (χ3n) is 4.54. The first-order valence-corrected chi connectivity index (χ1v) is 8.52. The molecule has 1 fully saturated rings. The van der Waals surface area contributed by atoms with E-state index in [2.05, 4.69) is 4.90 Å². The highest BCUT2D eigenvalue weighted by Crippen LogP contribution is 2.20. The fourth-order valence-corrected chi connectivity index (χ4v) is 3.10. The van der Waals surface area contributed by atoms with Gasteiger partial charge in [0.15, 0.2) is 11.6 Å². The van der Waals surface area contributed by atoms with Crippen LogP contribution in [0.3, 0.4) is 0 Å². The van der Waals surface area contributed by atoms with Gasteiger partial charge in [-0.15, -0.1) is 0 Å². The summed E-state index contributed by atoms with van der Waals surface area (Å²) in [5.41, 5.74) is 2.07. The largest absolute Gasteiger partial charge is 0.494 e.